The third-order valence-electron chi connectivity index (χ3n) is 1.59. The molecule has 5 nitrogen and oxygen atoms in total. The summed E-state index contributed by atoms with van der Waals surface area (Å²) in [6, 6.07) is 0. The van der Waals surface area contributed by atoms with Crippen LogP contribution in [0.15, 0.2) is 29.5 Å². The zero-order chi connectivity index (χ0) is 11.8. The van der Waals surface area contributed by atoms with Gasteiger partial charge < -0.3 is 10.7 Å². The van der Waals surface area contributed by atoms with Crippen LogP contribution in [-0.4, -0.2) is 26.5 Å². The lowest BCUT2D eigenvalue weighted by Crippen LogP contribution is -2.02. The highest BCUT2D eigenvalue weighted by atomic mass is 79.9. The Morgan fingerprint density at radius 1 is 1.38 bits per heavy atom. The lowest BCUT2D eigenvalue weighted by atomic mass is 10.3. The first-order chi connectivity index (χ1) is 7.74. The molecule has 0 unspecified atom stereocenters. The number of aromatic nitrogens is 4. The van der Waals surface area contributed by atoms with Crippen LogP contribution in [0.4, 0.5) is 0 Å². The summed E-state index contributed by atoms with van der Waals surface area (Å²) in [6.45, 7) is 0.683. The molecule has 3 N–H and O–H groups in total. The molecular weight excluding hydrogens is 293 g/mol. The van der Waals surface area contributed by atoms with Gasteiger partial charge in [-0.3, -0.25) is 0 Å². The largest absolute Gasteiger partial charge is 0.348 e. The van der Waals surface area contributed by atoms with Crippen molar-refractivity contribution in [3.63, 3.8) is 0 Å². The molecule has 0 aliphatic heterocycles. The maximum absolute atomic E-state index is 5.51. The average molecular weight is 305 g/mol. The molecule has 2 rings (SSSR count). The number of nitrogens with zero attached hydrogens (tertiary/aromatic N) is 3. The van der Waals surface area contributed by atoms with Gasteiger partial charge in [-0.05, 0) is 22.5 Å². The third kappa shape index (κ3) is 4.69. The van der Waals surface area contributed by atoms with Gasteiger partial charge in [0, 0.05) is 24.5 Å². The van der Waals surface area contributed by atoms with Crippen molar-refractivity contribution in [1.82, 2.24) is 19.9 Å². The molecule has 0 amide bonds. The van der Waals surface area contributed by atoms with E-state index in [0.29, 0.717) is 11.7 Å². The minimum atomic E-state index is 0.444. The standard InChI is InChI=1S/C5H9N3.C4H2BrClN2/c6-2-1-5-3-7-4-8-5;5-3-1-7-2-8-4(3)6/h3-4H,1-2,6H2,(H,7,8);1-2H. The fourth-order valence-corrected chi connectivity index (χ4v) is 1.19. The highest BCUT2D eigenvalue weighted by molar-refractivity contribution is 9.10. The number of nitrogens with one attached hydrogen (secondary N) is 1. The Bertz CT molecular complexity index is 385. The molecule has 0 saturated carbocycles. The second kappa shape index (κ2) is 7.32. The van der Waals surface area contributed by atoms with Crippen LogP contribution in [-0.2, 0) is 6.42 Å². The van der Waals surface area contributed by atoms with E-state index >= 15 is 0 Å². The molecule has 0 spiro atoms. The number of hydrogen-bond donors (Lipinski definition) is 2. The predicted molar refractivity (Wildman–Crippen MR) is 66.1 cm³/mol. The monoisotopic (exact) mass is 303 g/mol. The van der Waals surface area contributed by atoms with Gasteiger partial charge in [-0.2, -0.15) is 0 Å². The highest BCUT2D eigenvalue weighted by Crippen LogP contribution is 2.15. The Kier molecular flexibility index (Phi) is 5.99. The maximum atomic E-state index is 5.51. The third-order valence-corrected chi connectivity index (χ3v) is 2.70. The van der Waals surface area contributed by atoms with Crippen LogP contribution in [0.25, 0.3) is 0 Å². The Morgan fingerprint density at radius 2 is 2.19 bits per heavy atom. The van der Waals surface area contributed by atoms with Crippen molar-refractivity contribution in [1.29, 1.82) is 0 Å². The van der Waals surface area contributed by atoms with Gasteiger partial charge in [0.1, 0.15) is 11.5 Å². The zero-order valence-electron chi connectivity index (χ0n) is 8.40. The van der Waals surface area contributed by atoms with Crippen molar-refractivity contribution in [3.8, 4) is 0 Å². The summed E-state index contributed by atoms with van der Waals surface area (Å²) < 4.78 is 0.724. The zero-order valence-corrected chi connectivity index (χ0v) is 10.7. The van der Waals surface area contributed by atoms with E-state index in [1.54, 1.807) is 18.7 Å². The van der Waals surface area contributed by atoms with E-state index in [4.69, 9.17) is 17.3 Å². The van der Waals surface area contributed by atoms with E-state index in [0.717, 1.165) is 16.6 Å². The smallest absolute Gasteiger partial charge is 0.146 e. The molecule has 0 saturated heterocycles. The second-order valence-electron chi connectivity index (χ2n) is 2.78. The number of H-pyrrole nitrogens is 1. The van der Waals surface area contributed by atoms with Crippen LogP contribution in [0.5, 0.6) is 0 Å². The normalized spacial score (nSPS) is 9.44. The van der Waals surface area contributed by atoms with Gasteiger partial charge in [-0.1, -0.05) is 11.6 Å². The van der Waals surface area contributed by atoms with Crippen molar-refractivity contribution in [2.45, 2.75) is 6.42 Å². The van der Waals surface area contributed by atoms with Gasteiger partial charge in [-0.15, -0.1) is 0 Å². The number of aromatic amines is 1. The minimum absolute atomic E-state index is 0.444. The Balaban J connectivity index is 0.000000160. The van der Waals surface area contributed by atoms with Gasteiger partial charge in [-0.25, -0.2) is 15.0 Å². The summed E-state index contributed by atoms with van der Waals surface area (Å²) in [5, 5.41) is 0.444. The van der Waals surface area contributed by atoms with Crippen LogP contribution in [0.2, 0.25) is 5.15 Å². The van der Waals surface area contributed by atoms with E-state index in [1.165, 1.54) is 6.33 Å². The number of rotatable bonds is 2. The Labute approximate surface area is 107 Å². The lowest BCUT2D eigenvalue weighted by Gasteiger charge is -1.87. The van der Waals surface area contributed by atoms with Gasteiger partial charge in [0.05, 0.1) is 10.8 Å². The van der Waals surface area contributed by atoms with Crippen molar-refractivity contribution in [2.24, 2.45) is 5.73 Å². The van der Waals surface area contributed by atoms with Crippen LogP contribution < -0.4 is 5.73 Å². The molecule has 0 fully saturated rings. The molecule has 0 bridgehead atoms. The van der Waals surface area contributed by atoms with Crippen LogP contribution in [0.1, 0.15) is 5.69 Å². The summed E-state index contributed by atoms with van der Waals surface area (Å²) in [5.74, 6) is 0. The fraction of sp³-hybridized carbons (Fsp3) is 0.222. The van der Waals surface area contributed by atoms with E-state index in [-0.39, 0.29) is 0 Å². The van der Waals surface area contributed by atoms with E-state index in [2.05, 4.69) is 35.9 Å². The Morgan fingerprint density at radius 3 is 2.62 bits per heavy atom. The van der Waals surface area contributed by atoms with Crippen molar-refractivity contribution in [2.75, 3.05) is 6.54 Å². The number of nitrogens with two attached hydrogens (primary N) is 1. The molecule has 7 heteroatoms. The molecule has 0 aliphatic carbocycles. The van der Waals surface area contributed by atoms with Gasteiger partial charge in [0.15, 0.2) is 0 Å². The average Bonchev–Trinajstić information content (AvgIpc) is 2.77. The van der Waals surface area contributed by atoms with Crippen molar-refractivity contribution in [3.05, 3.63) is 40.4 Å². The fourth-order valence-electron chi connectivity index (χ4n) is 0.875. The van der Waals surface area contributed by atoms with E-state index in [1.807, 2.05) is 0 Å². The number of hydrogen-bond acceptors (Lipinski definition) is 4. The summed E-state index contributed by atoms with van der Waals surface area (Å²) in [4.78, 5) is 14.2. The number of imidazole rings is 1. The first kappa shape index (κ1) is 13.1. The molecule has 0 aromatic carbocycles. The summed E-state index contributed by atoms with van der Waals surface area (Å²) >= 11 is 8.65. The summed E-state index contributed by atoms with van der Waals surface area (Å²) in [5.41, 5.74) is 6.38. The van der Waals surface area contributed by atoms with Crippen molar-refractivity contribution >= 4 is 27.5 Å². The molecule has 86 valence electrons. The van der Waals surface area contributed by atoms with Crippen LogP contribution in [0, 0.1) is 0 Å². The van der Waals surface area contributed by atoms with E-state index < -0.39 is 0 Å². The predicted octanol–water partition coefficient (Wildman–Crippen LogP) is 1.80. The summed E-state index contributed by atoms with van der Waals surface area (Å²) in [6.07, 6.45) is 7.32. The molecule has 0 atom stereocenters. The van der Waals surface area contributed by atoms with Crippen molar-refractivity contribution < 1.29 is 0 Å². The van der Waals surface area contributed by atoms with Crippen LogP contribution in [0.3, 0.4) is 0 Å². The quantitative estimate of drug-likeness (QED) is 0.829. The molecule has 0 aliphatic rings. The Hall–Kier alpha value is -0.980. The highest BCUT2D eigenvalue weighted by Gasteiger charge is 1.91. The van der Waals surface area contributed by atoms with Gasteiger partial charge in [0.2, 0.25) is 0 Å². The first-order valence-corrected chi connectivity index (χ1v) is 5.69. The first-order valence-electron chi connectivity index (χ1n) is 4.52. The molecule has 2 aromatic heterocycles. The lowest BCUT2D eigenvalue weighted by molar-refractivity contribution is 0.935. The SMILES string of the molecule is Clc1ncncc1Br.NCCc1cnc[nH]1. The topological polar surface area (TPSA) is 80.5 Å². The molecular formula is C9H11BrClN5. The van der Waals surface area contributed by atoms with E-state index in [9.17, 15) is 0 Å². The molecule has 16 heavy (non-hydrogen) atoms. The van der Waals surface area contributed by atoms with Gasteiger partial charge in [0.25, 0.3) is 0 Å². The molecule has 2 heterocycles. The second-order valence-corrected chi connectivity index (χ2v) is 3.99. The minimum Gasteiger partial charge on any atom is -0.348 e. The maximum Gasteiger partial charge on any atom is 0.146 e. The summed E-state index contributed by atoms with van der Waals surface area (Å²) in [7, 11) is 0. The molecule has 2 aromatic rings. The number of halogens is 2. The van der Waals surface area contributed by atoms with Gasteiger partial charge >= 0.3 is 0 Å². The molecule has 0 radical (unpaired) electrons. The van der Waals surface area contributed by atoms with Crippen LogP contribution >= 0.6 is 27.5 Å².